The van der Waals surface area contributed by atoms with Gasteiger partial charge in [-0.25, -0.2) is 0 Å². The fourth-order valence-corrected chi connectivity index (χ4v) is 2.30. The van der Waals surface area contributed by atoms with Crippen LogP contribution in [0.15, 0.2) is 18.2 Å². The minimum atomic E-state index is -0.356. The molecule has 80 valence electrons. The zero-order valence-corrected chi connectivity index (χ0v) is 8.99. The summed E-state index contributed by atoms with van der Waals surface area (Å²) < 4.78 is 5.61. The van der Waals surface area contributed by atoms with Crippen molar-refractivity contribution in [3.63, 3.8) is 0 Å². The molecular formula is C13H16O2. The lowest BCUT2D eigenvalue weighted by Crippen LogP contribution is -2.10. The minimum Gasteiger partial charge on any atom is -0.493 e. The van der Waals surface area contributed by atoms with E-state index in [1.54, 1.807) is 0 Å². The number of hydrogen-bond acceptors (Lipinski definition) is 2. The maximum absolute atomic E-state index is 10.3. The SMILES string of the molecule is CC1(C(O)c2cccc3c2OCC3)CC1. The van der Waals surface area contributed by atoms with Crippen LogP contribution in [-0.4, -0.2) is 11.7 Å². The predicted molar refractivity (Wildman–Crippen MR) is 57.9 cm³/mol. The van der Waals surface area contributed by atoms with Crippen LogP contribution in [-0.2, 0) is 6.42 Å². The summed E-state index contributed by atoms with van der Waals surface area (Å²) in [5.41, 5.74) is 2.34. The number of rotatable bonds is 2. The van der Waals surface area contributed by atoms with Gasteiger partial charge in [0.15, 0.2) is 0 Å². The van der Waals surface area contributed by atoms with Crippen molar-refractivity contribution in [1.29, 1.82) is 0 Å². The molecule has 0 bridgehead atoms. The second-order valence-electron chi connectivity index (χ2n) is 4.99. The second-order valence-corrected chi connectivity index (χ2v) is 4.99. The molecule has 15 heavy (non-hydrogen) atoms. The lowest BCUT2D eigenvalue weighted by molar-refractivity contribution is 0.100. The van der Waals surface area contributed by atoms with Gasteiger partial charge in [-0.2, -0.15) is 0 Å². The zero-order chi connectivity index (χ0) is 10.5. The summed E-state index contributed by atoms with van der Waals surface area (Å²) in [6, 6.07) is 6.12. The molecule has 1 saturated carbocycles. The molecule has 0 amide bonds. The highest BCUT2D eigenvalue weighted by atomic mass is 16.5. The van der Waals surface area contributed by atoms with Gasteiger partial charge in [-0.05, 0) is 23.8 Å². The van der Waals surface area contributed by atoms with Crippen molar-refractivity contribution in [2.45, 2.75) is 32.3 Å². The summed E-state index contributed by atoms with van der Waals surface area (Å²) in [5.74, 6) is 0.943. The molecule has 1 aromatic rings. The van der Waals surface area contributed by atoms with Gasteiger partial charge in [-0.1, -0.05) is 25.1 Å². The molecule has 1 heterocycles. The van der Waals surface area contributed by atoms with Crippen molar-refractivity contribution < 1.29 is 9.84 Å². The van der Waals surface area contributed by atoms with Crippen LogP contribution >= 0.6 is 0 Å². The lowest BCUT2D eigenvalue weighted by atomic mass is 9.93. The fourth-order valence-electron chi connectivity index (χ4n) is 2.30. The van der Waals surface area contributed by atoms with Crippen LogP contribution in [0.3, 0.4) is 0 Å². The highest BCUT2D eigenvalue weighted by molar-refractivity contribution is 5.46. The normalized spacial score (nSPS) is 23.1. The van der Waals surface area contributed by atoms with Crippen LogP contribution in [0.1, 0.15) is 37.0 Å². The molecule has 1 aromatic carbocycles. The largest absolute Gasteiger partial charge is 0.493 e. The van der Waals surface area contributed by atoms with Crippen LogP contribution in [0.25, 0.3) is 0 Å². The number of aliphatic hydroxyl groups is 1. The van der Waals surface area contributed by atoms with E-state index in [2.05, 4.69) is 13.0 Å². The maximum Gasteiger partial charge on any atom is 0.128 e. The Kier molecular flexibility index (Phi) is 1.84. The molecular weight excluding hydrogens is 188 g/mol. The Morgan fingerprint density at radius 1 is 1.40 bits per heavy atom. The van der Waals surface area contributed by atoms with Gasteiger partial charge in [0.1, 0.15) is 5.75 Å². The number of fused-ring (bicyclic) bond motifs is 1. The smallest absolute Gasteiger partial charge is 0.128 e. The van der Waals surface area contributed by atoms with E-state index >= 15 is 0 Å². The molecule has 1 N–H and O–H groups in total. The molecule has 1 aliphatic carbocycles. The standard InChI is InChI=1S/C13H16O2/c1-13(6-7-13)12(14)10-4-2-3-9-5-8-15-11(9)10/h2-4,12,14H,5-8H2,1H3. The molecule has 3 rings (SSSR count). The highest BCUT2D eigenvalue weighted by Crippen LogP contribution is 2.56. The van der Waals surface area contributed by atoms with Crippen LogP contribution in [0.4, 0.5) is 0 Å². The van der Waals surface area contributed by atoms with Crippen molar-refractivity contribution >= 4 is 0 Å². The second kappa shape index (κ2) is 2.99. The zero-order valence-electron chi connectivity index (χ0n) is 8.99. The molecule has 1 aliphatic heterocycles. The van der Waals surface area contributed by atoms with Crippen LogP contribution in [0.2, 0.25) is 0 Å². The Labute approximate surface area is 89.9 Å². The number of ether oxygens (including phenoxy) is 1. The van der Waals surface area contributed by atoms with Gasteiger partial charge >= 0.3 is 0 Å². The summed E-state index contributed by atoms with van der Waals surface area (Å²) in [5, 5.41) is 10.3. The predicted octanol–water partition coefficient (Wildman–Crippen LogP) is 2.46. The third-order valence-electron chi connectivity index (χ3n) is 3.74. The van der Waals surface area contributed by atoms with E-state index in [9.17, 15) is 5.11 Å². The molecule has 0 aromatic heterocycles. The molecule has 1 atom stereocenters. The monoisotopic (exact) mass is 204 g/mol. The number of hydrogen-bond donors (Lipinski definition) is 1. The van der Waals surface area contributed by atoms with E-state index in [4.69, 9.17) is 4.74 Å². The summed E-state index contributed by atoms with van der Waals surface area (Å²) in [4.78, 5) is 0. The first kappa shape index (κ1) is 9.22. The van der Waals surface area contributed by atoms with Crippen molar-refractivity contribution in [2.24, 2.45) is 5.41 Å². The molecule has 2 nitrogen and oxygen atoms in total. The van der Waals surface area contributed by atoms with E-state index < -0.39 is 0 Å². The molecule has 0 saturated heterocycles. The topological polar surface area (TPSA) is 29.5 Å². The summed E-state index contributed by atoms with van der Waals surface area (Å²) in [6.45, 7) is 2.90. The van der Waals surface area contributed by atoms with Crippen LogP contribution < -0.4 is 4.74 Å². The third-order valence-corrected chi connectivity index (χ3v) is 3.74. The Balaban J connectivity index is 2.01. The molecule has 1 fully saturated rings. The Morgan fingerprint density at radius 2 is 2.20 bits per heavy atom. The number of benzene rings is 1. The molecule has 0 radical (unpaired) electrons. The summed E-state index contributed by atoms with van der Waals surface area (Å²) in [7, 11) is 0. The van der Waals surface area contributed by atoms with Crippen molar-refractivity contribution in [1.82, 2.24) is 0 Å². The van der Waals surface area contributed by atoms with Crippen LogP contribution in [0.5, 0.6) is 5.75 Å². The number of para-hydroxylation sites is 1. The van der Waals surface area contributed by atoms with Gasteiger partial charge in [0.2, 0.25) is 0 Å². The summed E-state index contributed by atoms with van der Waals surface area (Å²) in [6.07, 6.45) is 2.87. The lowest BCUT2D eigenvalue weighted by Gasteiger charge is -2.20. The quantitative estimate of drug-likeness (QED) is 0.801. The van der Waals surface area contributed by atoms with Crippen molar-refractivity contribution in [2.75, 3.05) is 6.61 Å². The van der Waals surface area contributed by atoms with Crippen molar-refractivity contribution in [3.8, 4) is 5.75 Å². The van der Waals surface area contributed by atoms with Gasteiger partial charge < -0.3 is 9.84 Å². The van der Waals surface area contributed by atoms with Crippen molar-refractivity contribution in [3.05, 3.63) is 29.3 Å². The van der Waals surface area contributed by atoms with E-state index in [1.165, 1.54) is 5.56 Å². The van der Waals surface area contributed by atoms with Crippen LogP contribution in [0, 0.1) is 5.41 Å². The average molecular weight is 204 g/mol. The highest BCUT2D eigenvalue weighted by Gasteiger charge is 2.46. The van der Waals surface area contributed by atoms with E-state index in [0.29, 0.717) is 0 Å². The first-order valence-electron chi connectivity index (χ1n) is 5.63. The molecule has 2 heteroatoms. The third kappa shape index (κ3) is 1.36. The summed E-state index contributed by atoms with van der Waals surface area (Å²) >= 11 is 0. The first-order valence-corrected chi connectivity index (χ1v) is 5.63. The maximum atomic E-state index is 10.3. The average Bonchev–Trinajstić information content (AvgIpc) is 2.82. The van der Waals surface area contributed by atoms with E-state index in [-0.39, 0.29) is 11.5 Å². The molecule has 0 spiro atoms. The molecule has 2 aliphatic rings. The van der Waals surface area contributed by atoms with Gasteiger partial charge in [0.05, 0.1) is 12.7 Å². The minimum absolute atomic E-state index is 0.0983. The van der Waals surface area contributed by atoms with Gasteiger partial charge in [0, 0.05) is 12.0 Å². The van der Waals surface area contributed by atoms with Gasteiger partial charge in [-0.15, -0.1) is 0 Å². The number of aliphatic hydroxyl groups excluding tert-OH is 1. The Bertz CT molecular complexity index is 394. The Hall–Kier alpha value is -1.02. The Morgan fingerprint density at radius 3 is 2.93 bits per heavy atom. The van der Waals surface area contributed by atoms with E-state index in [1.807, 2.05) is 12.1 Å². The first-order chi connectivity index (χ1) is 7.21. The fraction of sp³-hybridized carbons (Fsp3) is 0.538. The van der Waals surface area contributed by atoms with E-state index in [0.717, 1.165) is 37.2 Å². The van der Waals surface area contributed by atoms with Gasteiger partial charge in [-0.3, -0.25) is 0 Å². The molecule has 1 unspecified atom stereocenters. The van der Waals surface area contributed by atoms with Gasteiger partial charge in [0.25, 0.3) is 0 Å².